The molecule has 26 heavy (non-hydrogen) atoms. The van der Waals surface area contributed by atoms with E-state index >= 15 is 0 Å². The summed E-state index contributed by atoms with van der Waals surface area (Å²) in [6.45, 7) is 2.69. The lowest BCUT2D eigenvalue weighted by atomic mass is 9.94. The van der Waals surface area contributed by atoms with Gasteiger partial charge in [0.15, 0.2) is 6.61 Å². The van der Waals surface area contributed by atoms with Crippen molar-refractivity contribution in [3.8, 4) is 5.75 Å². The van der Waals surface area contributed by atoms with Crippen LogP contribution in [0.5, 0.6) is 5.75 Å². The number of rotatable bonds is 7. The van der Waals surface area contributed by atoms with Gasteiger partial charge in [-0.3, -0.25) is 19.8 Å². The van der Waals surface area contributed by atoms with Gasteiger partial charge in [-0.2, -0.15) is 11.8 Å². The van der Waals surface area contributed by atoms with Crippen molar-refractivity contribution < 1.29 is 14.5 Å². The average molecular weight is 379 g/mol. The second-order valence-electron chi connectivity index (χ2n) is 6.85. The molecule has 3 rings (SSSR count). The summed E-state index contributed by atoms with van der Waals surface area (Å²) in [7, 11) is 0. The minimum absolute atomic E-state index is 0.0456. The number of benzene rings is 1. The van der Waals surface area contributed by atoms with Gasteiger partial charge in [0.25, 0.3) is 11.6 Å². The largest absolute Gasteiger partial charge is 0.484 e. The van der Waals surface area contributed by atoms with E-state index in [0.29, 0.717) is 12.3 Å². The van der Waals surface area contributed by atoms with Crippen LogP contribution in [-0.4, -0.2) is 59.0 Å². The van der Waals surface area contributed by atoms with E-state index in [1.807, 2.05) is 11.8 Å². The molecule has 1 aliphatic heterocycles. The molecule has 142 valence electrons. The van der Waals surface area contributed by atoms with Gasteiger partial charge in [-0.25, -0.2) is 0 Å². The molecule has 0 atom stereocenters. The van der Waals surface area contributed by atoms with Gasteiger partial charge < -0.3 is 10.1 Å². The zero-order valence-corrected chi connectivity index (χ0v) is 15.6. The van der Waals surface area contributed by atoms with Crippen LogP contribution in [0.2, 0.25) is 0 Å². The third-order valence-corrected chi connectivity index (χ3v) is 6.17. The Labute approximate surface area is 157 Å². The van der Waals surface area contributed by atoms with Crippen LogP contribution in [0.1, 0.15) is 25.7 Å². The minimum Gasteiger partial charge on any atom is -0.484 e. The molecular formula is C18H25N3O4S. The van der Waals surface area contributed by atoms with Gasteiger partial charge in [-0.05, 0) is 18.9 Å². The third-order valence-electron chi connectivity index (χ3n) is 5.23. The quantitative estimate of drug-likeness (QED) is 0.579. The molecule has 1 aliphatic carbocycles. The molecule has 7 nitrogen and oxygen atoms in total. The molecule has 0 radical (unpaired) electrons. The molecule has 2 aliphatic rings. The van der Waals surface area contributed by atoms with Crippen LogP contribution in [0.25, 0.3) is 0 Å². The lowest BCUT2D eigenvalue weighted by Gasteiger charge is -2.43. The van der Waals surface area contributed by atoms with E-state index in [4.69, 9.17) is 4.74 Å². The molecule has 0 spiro atoms. The highest BCUT2D eigenvalue weighted by molar-refractivity contribution is 7.99. The SMILES string of the molecule is O=C(COc1cccc([N+](=O)[O-])c1)NCC1(N2CCSCC2)CCCC1. The van der Waals surface area contributed by atoms with Gasteiger partial charge in [0, 0.05) is 42.7 Å². The van der Waals surface area contributed by atoms with Crippen LogP contribution in [0.3, 0.4) is 0 Å². The highest BCUT2D eigenvalue weighted by atomic mass is 32.2. The number of carbonyl (C=O) groups excluding carboxylic acids is 1. The number of ether oxygens (including phenoxy) is 1. The Hall–Kier alpha value is -1.80. The molecule has 1 aromatic carbocycles. The second-order valence-corrected chi connectivity index (χ2v) is 8.08. The van der Waals surface area contributed by atoms with Gasteiger partial charge in [-0.15, -0.1) is 0 Å². The lowest BCUT2D eigenvalue weighted by molar-refractivity contribution is -0.384. The number of nitrogens with one attached hydrogen (secondary N) is 1. The zero-order valence-electron chi connectivity index (χ0n) is 14.8. The van der Waals surface area contributed by atoms with Crippen LogP contribution in [0.15, 0.2) is 24.3 Å². The highest BCUT2D eigenvalue weighted by Crippen LogP contribution is 2.36. The highest BCUT2D eigenvalue weighted by Gasteiger charge is 2.40. The van der Waals surface area contributed by atoms with E-state index in [0.717, 1.165) is 37.4 Å². The van der Waals surface area contributed by atoms with Crippen LogP contribution < -0.4 is 10.1 Å². The standard InChI is InChI=1S/C18H25N3O4S/c22-17(13-25-16-5-3-4-15(12-16)21(23)24)19-14-18(6-1-2-7-18)20-8-10-26-11-9-20/h3-5,12H,1-2,6-11,13-14H2,(H,19,22). The van der Waals surface area contributed by atoms with E-state index in [1.54, 1.807) is 12.1 Å². The summed E-state index contributed by atoms with van der Waals surface area (Å²) in [4.78, 5) is 25.1. The maximum absolute atomic E-state index is 12.2. The monoisotopic (exact) mass is 379 g/mol. The Balaban J connectivity index is 1.51. The molecule has 2 fully saturated rings. The fraction of sp³-hybridized carbons (Fsp3) is 0.611. The van der Waals surface area contributed by atoms with E-state index in [1.165, 1.54) is 25.0 Å². The van der Waals surface area contributed by atoms with Crippen LogP contribution in [0, 0.1) is 10.1 Å². The van der Waals surface area contributed by atoms with Crippen LogP contribution in [-0.2, 0) is 4.79 Å². The zero-order chi connectivity index (χ0) is 18.4. The molecule has 1 amide bonds. The summed E-state index contributed by atoms with van der Waals surface area (Å²) in [5.74, 6) is 2.46. The van der Waals surface area contributed by atoms with Crippen LogP contribution >= 0.6 is 11.8 Å². The fourth-order valence-corrected chi connectivity index (χ4v) is 4.73. The third kappa shape index (κ3) is 4.67. The minimum atomic E-state index is -0.478. The van der Waals surface area contributed by atoms with Crippen molar-refractivity contribution in [1.29, 1.82) is 0 Å². The van der Waals surface area contributed by atoms with Crippen molar-refractivity contribution >= 4 is 23.4 Å². The van der Waals surface area contributed by atoms with Crippen molar-refractivity contribution in [3.63, 3.8) is 0 Å². The predicted molar refractivity (Wildman–Crippen MR) is 102 cm³/mol. The van der Waals surface area contributed by atoms with E-state index in [2.05, 4.69) is 10.2 Å². The Morgan fingerprint density at radius 3 is 2.73 bits per heavy atom. The maximum atomic E-state index is 12.2. The number of hydrogen-bond acceptors (Lipinski definition) is 6. The normalized spacial score (nSPS) is 19.8. The molecule has 1 saturated carbocycles. The lowest BCUT2D eigenvalue weighted by Crippen LogP contribution is -2.56. The molecule has 1 aromatic rings. The second kappa shape index (κ2) is 8.73. The summed E-state index contributed by atoms with van der Waals surface area (Å²) in [6, 6.07) is 5.89. The summed E-state index contributed by atoms with van der Waals surface area (Å²) >= 11 is 1.99. The first-order valence-corrected chi connectivity index (χ1v) is 10.2. The topological polar surface area (TPSA) is 84.7 Å². The van der Waals surface area contributed by atoms with Crippen LogP contribution in [0.4, 0.5) is 5.69 Å². The number of nitro groups is 1. The predicted octanol–water partition coefficient (Wildman–Crippen LogP) is 2.45. The fourth-order valence-electron chi connectivity index (χ4n) is 3.83. The van der Waals surface area contributed by atoms with Gasteiger partial charge >= 0.3 is 0 Å². The Morgan fingerprint density at radius 1 is 1.31 bits per heavy atom. The number of amides is 1. The van der Waals surface area contributed by atoms with E-state index < -0.39 is 4.92 Å². The van der Waals surface area contributed by atoms with Crippen molar-refractivity contribution in [2.24, 2.45) is 0 Å². The van der Waals surface area contributed by atoms with Crippen molar-refractivity contribution in [2.75, 3.05) is 37.7 Å². The Kier molecular flexibility index (Phi) is 6.37. The van der Waals surface area contributed by atoms with Gasteiger partial charge in [0.2, 0.25) is 0 Å². The number of nitro benzene ring substituents is 1. The summed E-state index contributed by atoms with van der Waals surface area (Å²) in [5, 5.41) is 13.8. The summed E-state index contributed by atoms with van der Waals surface area (Å²) in [5.41, 5.74) is 0.0399. The summed E-state index contributed by atoms with van der Waals surface area (Å²) in [6.07, 6.45) is 4.68. The molecular weight excluding hydrogens is 354 g/mol. The summed E-state index contributed by atoms with van der Waals surface area (Å²) < 4.78 is 5.42. The smallest absolute Gasteiger partial charge is 0.273 e. The number of carbonyl (C=O) groups is 1. The van der Waals surface area contributed by atoms with Crippen molar-refractivity contribution in [2.45, 2.75) is 31.2 Å². The maximum Gasteiger partial charge on any atom is 0.273 e. The molecule has 1 N–H and O–H groups in total. The number of non-ortho nitro benzene ring substituents is 1. The number of nitrogens with zero attached hydrogens (tertiary/aromatic N) is 2. The molecule has 0 bridgehead atoms. The Bertz CT molecular complexity index is 643. The number of thioether (sulfide) groups is 1. The first-order chi connectivity index (χ1) is 12.6. The van der Waals surface area contributed by atoms with Gasteiger partial charge in [0.05, 0.1) is 11.0 Å². The first kappa shape index (κ1) is 19.0. The first-order valence-electron chi connectivity index (χ1n) is 9.06. The number of hydrogen-bond donors (Lipinski definition) is 1. The van der Waals surface area contributed by atoms with Gasteiger partial charge in [0.1, 0.15) is 5.75 Å². The molecule has 0 aromatic heterocycles. The van der Waals surface area contributed by atoms with E-state index in [-0.39, 0.29) is 23.7 Å². The molecule has 1 saturated heterocycles. The van der Waals surface area contributed by atoms with Crippen molar-refractivity contribution in [3.05, 3.63) is 34.4 Å². The molecule has 8 heteroatoms. The van der Waals surface area contributed by atoms with Gasteiger partial charge in [-0.1, -0.05) is 18.9 Å². The van der Waals surface area contributed by atoms with Crippen molar-refractivity contribution in [1.82, 2.24) is 10.2 Å². The average Bonchev–Trinajstić information content (AvgIpc) is 3.16. The van der Waals surface area contributed by atoms with E-state index in [9.17, 15) is 14.9 Å². The Morgan fingerprint density at radius 2 is 2.04 bits per heavy atom. The molecule has 0 unspecified atom stereocenters. The molecule has 1 heterocycles.